The minimum absolute atomic E-state index is 0.136. The molecule has 124 valence electrons. The molecular weight excluding hydrogens is 314 g/mol. The lowest BCUT2D eigenvalue weighted by atomic mass is 9.87. The van der Waals surface area contributed by atoms with Crippen molar-refractivity contribution in [2.45, 2.75) is 0 Å². The lowest BCUT2D eigenvalue weighted by Gasteiger charge is -2.23. The van der Waals surface area contributed by atoms with Gasteiger partial charge < -0.3 is 9.64 Å². The van der Waals surface area contributed by atoms with Crippen molar-refractivity contribution in [3.63, 3.8) is 0 Å². The average molecular weight is 331 g/mol. The number of ether oxygens (including phenoxy) is 1. The summed E-state index contributed by atoms with van der Waals surface area (Å²) in [7, 11) is 3.47. The monoisotopic (exact) mass is 331 g/mol. The van der Waals surface area contributed by atoms with Crippen LogP contribution in [0.3, 0.4) is 0 Å². The zero-order valence-corrected chi connectivity index (χ0v) is 14.1. The molecule has 4 heteroatoms. The van der Waals surface area contributed by atoms with Crippen LogP contribution in [0, 0.1) is 11.8 Å². The van der Waals surface area contributed by atoms with E-state index >= 15 is 0 Å². The predicted molar refractivity (Wildman–Crippen MR) is 95.5 cm³/mol. The molecule has 0 fully saturated rings. The molecule has 0 saturated heterocycles. The van der Waals surface area contributed by atoms with Gasteiger partial charge in [0.15, 0.2) is 0 Å². The molecule has 1 aliphatic rings. The number of nitrogens with zero attached hydrogens (tertiary/aromatic N) is 1. The third kappa shape index (κ3) is 3.31. The van der Waals surface area contributed by atoms with Crippen LogP contribution in [0.25, 0.3) is 0 Å². The van der Waals surface area contributed by atoms with Gasteiger partial charge >= 0.3 is 0 Å². The summed E-state index contributed by atoms with van der Waals surface area (Å²) < 4.78 is 5.52. The number of rotatable bonds is 3. The number of hydrogen-bond acceptors (Lipinski definition) is 4. The minimum atomic E-state index is -0.230. The summed E-state index contributed by atoms with van der Waals surface area (Å²) in [6, 6.07) is 16.1. The van der Waals surface area contributed by atoms with Crippen LogP contribution in [0.4, 0.5) is 0 Å². The van der Waals surface area contributed by atoms with E-state index < -0.39 is 0 Å². The van der Waals surface area contributed by atoms with Gasteiger partial charge in [0.1, 0.15) is 18.1 Å². The molecule has 0 N–H and O–H groups in total. The molecule has 0 radical (unpaired) electrons. The summed E-state index contributed by atoms with van der Waals surface area (Å²) in [6.45, 7) is 0.136. The van der Waals surface area contributed by atoms with Crippen LogP contribution in [0.1, 0.15) is 20.7 Å². The molecule has 0 spiro atoms. The van der Waals surface area contributed by atoms with Crippen molar-refractivity contribution in [2.24, 2.45) is 0 Å². The molecule has 0 bridgehead atoms. The fourth-order valence-electron chi connectivity index (χ4n) is 2.67. The lowest BCUT2D eigenvalue weighted by Crippen LogP contribution is -2.29. The Morgan fingerprint density at radius 1 is 0.880 bits per heavy atom. The smallest absolute Gasteiger partial charge is 0.211 e. The molecule has 0 aromatic heterocycles. The quantitative estimate of drug-likeness (QED) is 0.811. The molecule has 0 heterocycles. The summed E-state index contributed by atoms with van der Waals surface area (Å²) in [6.07, 6.45) is 0. The van der Waals surface area contributed by atoms with Crippen molar-refractivity contribution in [2.75, 3.05) is 20.7 Å². The van der Waals surface area contributed by atoms with Gasteiger partial charge in [-0.2, -0.15) is 0 Å². The summed E-state index contributed by atoms with van der Waals surface area (Å²) in [5.74, 6) is 5.96. The Bertz CT molecular complexity index is 915. The van der Waals surface area contributed by atoms with Gasteiger partial charge in [-0.25, -0.2) is 0 Å². The second-order valence-corrected chi connectivity index (χ2v) is 5.73. The summed E-state index contributed by atoms with van der Waals surface area (Å²) in [5.41, 5.74) is 1.34. The second-order valence-electron chi connectivity index (χ2n) is 5.73. The van der Waals surface area contributed by atoms with Crippen LogP contribution < -0.4 is 4.74 Å². The Balaban J connectivity index is 1.90. The van der Waals surface area contributed by atoms with Crippen LogP contribution in [-0.4, -0.2) is 37.2 Å². The first-order valence-corrected chi connectivity index (χ1v) is 7.86. The van der Waals surface area contributed by atoms with Gasteiger partial charge in [0.05, 0.1) is 5.57 Å². The Hall–Kier alpha value is -3.32. The van der Waals surface area contributed by atoms with Crippen LogP contribution in [0.15, 0.2) is 65.9 Å². The number of fused-ring (bicyclic) bond motifs is 1. The molecule has 0 aliphatic heterocycles. The van der Waals surface area contributed by atoms with Crippen molar-refractivity contribution in [3.8, 4) is 17.6 Å². The number of benzene rings is 2. The van der Waals surface area contributed by atoms with Crippen molar-refractivity contribution in [1.82, 2.24) is 4.90 Å². The zero-order chi connectivity index (χ0) is 17.8. The van der Waals surface area contributed by atoms with Crippen molar-refractivity contribution < 1.29 is 14.3 Å². The Morgan fingerprint density at radius 3 is 2.12 bits per heavy atom. The molecule has 25 heavy (non-hydrogen) atoms. The van der Waals surface area contributed by atoms with E-state index in [1.807, 2.05) is 30.3 Å². The number of Topliss-reactive ketones (excluding diaryl/α,β-unsaturated/α-hetero) is 2. The molecule has 2 aromatic carbocycles. The molecular formula is C21H17NO3. The van der Waals surface area contributed by atoms with Gasteiger partial charge in [0, 0.05) is 25.2 Å². The van der Waals surface area contributed by atoms with E-state index in [1.54, 1.807) is 43.3 Å². The molecule has 4 nitrogen and oxygen atoms in total. The largest absolute Gasteiger partial charge is 0.481 e. The average Bonchev–Trinajstić information content (AvgIpc) is 2.63. The number of para-hydroxylation sites is 1. The molecule has 1 aliphatic carbocycles. The first-order valence-electron chi connectivity index (χ1n) is 7.86. The highest BCUT2D eigenvalue weighted by molar-refractivity contribution is 6.28. The third-order valence-corrected chi connectivity index (χ3v) is 3.81. The second kappa shape index (κ2) is 7.06. The van der Waals surface area contributed by atoms with E-state index in [9.17, 15) is 9.59 Å². The fourth-order valence-corrected chi connectivity index (χ4v) is 2.67. The maximum atomic E-state index is 12.8. The predicted octanol–water partition coefficient (Wildman–Crippen LogP) is 2.96. The van der Waals surface area contributed by atoms with Crippen LogP contribution in [-0.2, 0) is 0 Å². The number of allylic oxidation sites excluding steroid dienone is 2. The maximum Gasteiger partial charge on any atom is 0.211 e. The van der Waals surface area contributed by atoms with E-state index in [0.717, 1.165) is 0 Å². The molecule has 2 aromatic rings. The van der Waals surface area contributed by atoms with Crippen molar-refractivity contribution >= 4 is 11.6 Å². The first-order chi connectivity index (χ1) is 12.1. The Morgan fingerprint density at radius 2 is 1.48 bits per heavy atom. The van der Waals surface area contributed by atoms with E-state index in [2.05, 4.69) is 11.8 Å². The van der Waals surface area contributed by atoms with Crippen LogP contribution in [0.5, 0.6) is 5.75 Å². The summed E-state index contributed by atoms with van der Waals surface area (Å²) >= 11 is 0. The molecule has 3 rings (SSSR count). The molecule has 0 saturated carbocycles. The van der Waals surface area contributed by atoms with Gasteiger partial charge in [-0.05, 0) is 12.1 Å². The number of ketones is 2. The molecule has 0 amide bonds. The molecule has 0 unspecified atom stereocenters. The van der Waals surface area contributed by atoms with Gasteiger partial charge in [0.25, 0.3) is 0 Å². The topological polar surface area (TPSA) is 46.6 Å². The number of hydrogen-bond donors (Lipinski definition) is 0. The fraction of sp³-hybridized carbons (Fsp3) is 0.143. The van der Waals surface area contributed by atoms with E-state index in [-0.39, 0.29) is 23.7 Å². The minimum Gasteiger partial charge on any atom is -0.481 e. The number of carbonyl (C=O) groups is 2. The van der Waals surface area contributed by atoms with Gasteiger partial charge in [0.2, 0.25) is 11.6 Å². The highest BCUT2D eigenvalue weighted by atomic mass is 16.5. The summed E-state index contributed by atoms with van der Waals surface area (Å²) in [5, 5.41) is 0. The van der Waals surface area contributed by atoms with E-state index in [0.29, 0.717) is 22.6 Å². The van der Waals surface area contributed by atoms with Gasteiger partial charge in [-0.1, -0.05) is 54.3 Å². The van der Waals surface area contributed by atoms with Crippen LogP contribution in [0.2, 0.25) is 0 Å². The lowest BCUT2D eigenvalue weighted by molar-refractivity contribution is 0.0956. The van der Waals surface area contributed by atoms with E-state index in [4.69, 9.17) is 4.74 Å². The zero-order valence-electron chi connectivity index (χ0n) is 14.1. The highest BCUT2D eigenvalue weighted by Crippen LogP contribution is 2.26. The Kier molecular flexibility index (Phi) is 4.67. The van der Waals surface area contributed by atoms with Gasteiger partial charge in [-0.3, -0.25) is 9.59 Å². The summed E-state index contributed by atoms with van der Waals surface area (Å²) in [4.78, 5) is 27.1. The Labute approximate surface area is 146 Å². The van der Waals surface area contributed by atoms with E-state index in [1.165, 1.54) is 0 Å². The van der Waals surface area contributed by atoms with Crippen LogP contribution >= 0.6 is 0 Å². The van der Waals surface area contributed by atoms with Crippen molar-refractivity contribution in [1.29, 1.82) is 0 Å². The normalized spacial score (nSPS) is 13.0. The highest BCUT2D eigenvalue weighted by Gasteiger charge is 2.32. The SMILES string of the molecule is CN(C)C1=C(C#CCOc2ccccc2)C(=O)c2ccccc2C1=O. The maximum absolute atomic E-state index is 12.8. The van der Waals surface area contributed by atoms with Crippen molar-refractivity contribution in [3.05, 3.63) is 77.0 Å². The number of likely N-dealkylation sites (N-methyl/N-ethyl adjacent to an activating group) is 1. The van der Waals surface area contributed by atoms with Gasteiger partial charge in [-0.15, -0.1) is 0 Å². The third-order valence-electron chi connectivity index (χ3n) is 3.81. The first kappa shape index (κ1) is 16.5. The number of carbonyl (C=O) groups excluding carboxylic acids is 2. The molecule has 0 atom stereocenters. The standard InChI is InChI=1S/C21H17NO3/c1-22(2)19-18(13-8-14-25-15-9-4-3-5-10-15)20(23)16-11-6-7-12-17(16)21(19)24/h3-7,9-12H,14H2,1-2H3.